The molecule has 1 saturated heterocycles. The van der Waals surface area contributed by atoms with E-state index in [2.05, 4.69) is 0 Å². The second kappa shape index (κ2) is 3.05. The molecule has 3 rings (SSSR count). The lowest BCUT2D eigenvalue weighted by molar-refractivity contribution is 0.0771. The van der Waals surface area contributed by atoms with Crippen LogP contribution in [0.4, 0.5) is 4.39 Å². The van der Waals surface area contributed by atoms with Crippen molar-refractivity contribution in [2.24, 2.45) is 11.8 Å². The predicted octanol–water partition coefficient (Wildman–Crippen LogP) is 1.92. The summed E-state index contributed by atoms with van der Waals surface area (Å²) in [6.07, 6.45) is 1.25. The smallest absolute Gasteiger partial charge is 0.256 e. The molecule has 0 aromatic heterocycles. The number of carbonyl (C=O) groups excluding carboxylic acids is 1. The maximum atomic E-state index is 13.4. The first-order valence-electron chi connectivity index (χ1n) is 5.29. The summed E-state index contributed by atoms with van der Waals surface area (Å²) in [6, 6.07) is 6.20. The number of fused-ring (bicyclic) bond motifs is 1. The average molecular weight is 205 g/mol. The molecule has 0 spiro atoms. The van der Waals surface area contributed by atoms with Gasteiger partial charge in [-0.25, -0.2) is 4.39 Å². The number of rotatable bonds is 1. The molecule has 3 heteroatoms. The third-order valence-electron chi connectivity index (χ3n) is 3.37. The lowest BCUT2D eigenvalue weighted by Gasteiger charge is -2.17. The Labute approximate surface area is 87.7 Å². The molecule has 1 heterocycles. The van der Waals surface area contributed by atoms with E-state index in [1.807, 2.05) is 0 Å². The summed E-state index contributed by atoms with van der Waals surface area (Å²) in [5.41, 5.74) is 0.207. The Balaban J connectivity index is 1.82. The number of amides is 1. The fourth-order valence-corrected chi connectivity index (χ4v) is 2.37. The first-order valence-corrected chi connectivity index (χ1v) is 5.29. The van der Waals surface area contributed by atoms with Crippen molar-refractivity contribution in [2.45, 2.75) is 6.42 Å². The summed E-state index contributed by atoms with van der Waals surface area (Å²) in [5.74, 6) is 0.824. The van der Waals surface area contributed by atoms with E-state index in [4.69, 9.17) is 0 Å². The molecule has 1 amide bonds. The Kier molecular flexibility index (Phi) is 1.81. The summed E-state index contributed by atoms with van der Waals surface area (Å²) in [6.45, 7) is 1.63. The van der Waals surface area contributed by atoms with Gasteiger partial charge in [0.2, 0.25) is 0 Å². The summed E-state index contributed by atoms with van der Waals surface area (Å²) in [7, 11) is 0. The van der Waals surface area contributed by atoms with Crippen LogP contribution < -0.4 is 0 Å². The van der Waals surface area contributed by atoms with Crippen LogP contribution in [-0.4, -0.2) is 23.9 Å². The van der Waals surface area contributed by atoms with E-state index >= 15 is 0 Å². The zero-order valence-electron chi connectivity index (χ0n) is 8.32. The zero-order chi connectivity index (χ0) is 10.4. The maximum absolute atomic E-state index is 13.4. The lowest BCUT2D eigenvalue weighted by Crippen LogP contribution is -2.30. The molecular weight excluding hydrogens is 193 g/mol. The van der Waals surface area contributed by atoms with E-state index in [-0.39, 0.29) is 11.5 Å². The highest BCUT2D eigenvalue weighted by molar-refractivity contribution is 5.94. The third-order valence-corrected chi connectivity index (χ3v) is 3.37. The minimum absolute atomic E-state index is 0.152. The molecule has 2 atom stereocenters. The second-order valence-corrected chi connectivity index (χ2v) is 4.45. The molecule has 0 radical (unpaired) electrons. The van der Waals surface area contributed by atoms with Gasteiger partial charge >= 0.3 is 0 Å². The first kappa shape index (κ1) is 8.89. The minimum atomic E-state index is -0.414. The molecule has 0 bridgehead atoms. The van der Waals surface area contributed by atoms with Crippen molar-refractivity contribution in [3.63, 3.8) is 0 Å². The minimum Gasteiger partial charge on any atom is -0.338 e. The number of nitrogens with zero attached hydrogens (tertiary/aromatic N) is 1. The van der Waals surface area contributed by atoms with E-state index in [1.165, 1.54) is 12.5 Å². The molecular formula is C12H12FNO. The van der Waals surface area contributed by atoms with Gasteiger partial charge in [0.05, 0.1) is 5.56 Å². The average Bonchev–Trinajstić information content (AvgIpc) is 2.86. The molecule has 1 aliphatic carbocycles. The van der Waals surface area contributed by atoms with Gasteiger partial charge < -0.3 is 4.90 Å². The van der Waals surface area contributed by atoms with E-state index in [0.29, 0.717) is 11.8 Å². The second-order valence-electron chi connectivity index (χ2n) is 4.45. The highest BCUT2D eigenvalue weighted by Crippen LogP contribution is 2.45. The lowest BCUT2D eigenvalue weighted by atomic mass is 10.2. The van der Waals surface area contributed by atoms with Crippen molar-refractivity contribution in [3.8, 4) is 0 Å². The van der Waals surface area contributed by atoms with Crippen LogP contribution in [0.3, 0.4) is 0 Å². The molecule has 1 saturated carbocycles. The summed E-state index contributed by atoms with van der Waals surface area (Å²) in [5, 5.41) is 0. The molecule has 1 aliphatic heterocycles. The molecule has 1 aromatic rings. The van der Waals surface area contributed by atoms with Crippen molar-refractivity contribution in [2.75, 3.05) is 13.1 Å². The van der Waals surface area contributed by atoms with Crippen LogP contribution in [0.2, 0.25) is 0 Å². The normalized spacial score (nSPS) is 27.7. The number of halogens is 1. The van der Waals surface area contributed by atoms with Gasteiger partial charge in [0.15, 0.2) is 0 Å². The summed E-state index contributed by atoms with van der Waals surface area (Å²) < 4.78 is 13.4. The maximum Gasteiger partial charge on any atom is 0.256 e. The number of hydrogen-bond donors (Lipinski definition) is 0. The fraction of sp³-hybridized carbons (Fsp3) is 0.417. The van der Waals surface area contributed by atoms with E-state index in [9.17, 15) is 9.18 Å². The summed E-state index contributed by atoms with van der Waals surface area (Å²) in [4.78, 5) is 13.7. The molecule has 2 fully saturated rings. The third kappa shape index (κ3) is 1.42. The van der Waals surface area contributed by atoms with E-state index in [1.54, 1.807) is 23.1 Å². The first-order chi connectivity index (χ1) is 7.25. The zero-order valence-corrected chi connectivity index (χ0v) is 8.32. The van der Waals surface area contributed by atoms with Gasteiger partial charge in [-0.3, -0.25) is 4.79 Å². The van der Waals surface area contributed by atoms with Gasteiger partial charge in [-0.15, -0.1) is 0 Å². The van der Waals surface area contributed by atoms with Crippen LogP contribution >= 0.6 is 0 Å². The van der Waals surface area contributed by atoms with Crippen molar-refractivity contribution in [1.29, 1.82) is 0 Å². The quantitative estimate of drug-likeness (QED) is 0.686. The van der Waals surface area contributed by atoms with Crippen molar-refractivity contribution in [1.82, 2.24) is 4.90 Å². The van der Waals surface area contributed by atoms with Crippen LogP contribution in [0, 0.1) is 17.7 Å². The number of likely N-dealkylation sites (tertiary alicyclic amines) is 1. The number of hydrogen-bond acceptors (Lipinski definition) is 1. The molecule has 78 valence electrons. The number of piperidine rings is 1. The molecule has 2 aliphatic rings. The van der Waals surface area contributed by atoms with Gasteiger partial charge in [-0.05, 0) is 30.4 Å². The topological polar surface area (TPSA) is 20.3 Å². The largest absolute Gasteiger partial charge is 0.338 e. The highest BCUT2D eigenvalue weighted by atomic mass is 19.1. The molecule has 2 unspecified atom stereocenters. The SMILES string of the molecule is O=C(c1ccccc1F)N1CC2CC2C1. The van der Waals surface area contributed by atoms with Crippen molar-refractivity contribution < 1.29 is 9.18 Å². The Morgan fingerprint density at radius 1 is 1.27 bits per heavy atom. The summed E-state index contributed by atoms with van der Waals surface area (Å²) >= 11 is 0. The Bertz CT molecular complexity index is 408. The van der Waals surface area contributed by atoms with Crippen LogP contribution in [0.15, 0.2) is 24.3 Å². The fourth-order valence-electron chi connectivity index (χ4n) is 2.37. The number of benzene rings is 1. The van der Waals surface area contributed by atoms with Crippen LogP contribution in [0.5, 0.6) is 0 Å². The number of carbonyl (C=O) groups is 1. The molecule has 0 N–H and O–H groups in total. The van der Waals surface area contributed by atoms with Crippen LogP contribution in [-0.2, 0) is 0 Å². The molecule has 1 aromatic carbocycles. The van der Waals surface area contributed by atoms with Gasteiger partial charge in [-0.1, -0.05) is 12.1 Å². The van der Waals surface area contributed by atoms with Crippen LogP contribution in [0.25, 0.3) is 0 Å². The van der Waals surface area contributed by atoms with E-state index in [0.717, 1.165) is 13.1 Å². The molecule has 15 heavy (non-hydrogen) atoms. The monoisotopic (exact) mass is 205 g/mol. The standard InChI is InChI=1S/C12H12FNO/c13-11-4-2-1-3-10(11)12(15)14-6-8-5-9(8)7-14/h1-4,8-9H,5-7H2. The Hall–Kier alpha value is -1.38. The Morgan fingerprint density at radius 3 is 2.60 bits per heavy atom. The predicted molar refractivity (Wildman–Crippen MR) is 53.9 cm³/mol. The van der Waals surface area contributed by atoms with Crippen molar-refractivity contribution in [3.05, 3.63) is 35.6 Å². The van der Waals surface area contributed by atoms with E-state index < -0.39 is 5.82 Å². The Morgan fingerprint density at radius 2 is 1.93 bits per heavy atom. The van der Waals surface area contributed by atoms with Crippen LogP contribution in [0.1, 0.15) is 16.8 Å². The van der Waals surface area contributed by atoms with Gasteiger partial charge in [0, 0.05) is 13.1 Å². The van der Waals surface area contributed by atoms with Crippen molar-refractivity contribution >= 4 is 5.91 Å². The highest BCUT2D eigenvalue weighted by Gasteiger charge is 2.46. The van der Waals surface area contributed by atoms with Gasteiger partial charge in [0.1, 0.15) is 5.82 Å². The molecule has 2 nitrogen and oxygen atoms in total. The van der Waals surface area contributed by atoms with Gasteiger partial charge in [0.25, 0.3) is 5.91 Å². The van der Waals surface area contributed by atoms with Gasteiger partial charge in [-0.2, -0.15) is 0 Å².